The minimum Gasteiger partial charge on any atom is -0.358 e. The van der Waals surface area contributed by atoms with Crippen molar-refractivity contribution in [2.45, 2.75) is 13.5 Å². The van der Waals surface area contributed by atoms with Crippen LogP contribution in [0.1, 0.15) is 11.3 Å². The van der Waals surface area contributed by atoms with Crippen LogP contribution in [0, 0.1) is 6.92 Å². The van der Waals surface area contributed by atoms with Gasteiger partial charge in [0.05, 0.1) is 5.69 Å². The molecule has 180 valence electrons. The minimum atomic E-state index is 0.750. The van der Waals surface area contributed by atoms with Crippen LogP contribution in [-0.4, -0.2) is 41.0 Å². The van der Waals surface area contributed by atoms with Gasteiger partial charge in [-0.3, -0.25) is 4.90 Å². The zero-order valence-electron chi connectivity index (χ0n) is 20.4. The fraction of sp³-hybridized carbons (Fsp3) is 0.194. The molecule has 0 saturated carbocycles. The van der Waals surface area contributed by atoms with Crippen molar-refractivity contribution in [1.29, 1.82) is 0 Å². The van der Waals surface area contributed by atoms with Crippen molar-refractivity contribution in [3.63, 3.8) is 0 Å². The van der Waals surface area contributed by atoms with E-state index in [0.717, 1.165) is 54.8 Å². The van der Waals surface area contributed by atoms with Crippen molar-refractivity contribution in [1.82, 2.24) is 14.9 Å². The number of halogens is 1. The van der Waals surface area contributed by atoms with E-state index in [1.54, 1.807) is 0 Å². The molecule has 6 rings (SSSR count). The van der Waals surface area contributed by atoms with Gasteiger partial charge in [-0.2, -0.15) is 0 Å². The SMILES string of the molecule is Cc1[nH]c(-c2ccc(Cl)cc2)c(-c2cccc3ccccc23)c1CN1CCN(c2ccccn2)CC1. The molecule has 0 amide bonds. The Morgan fingerprint density at radius 3 is 2.36 bits per heavy atom. The predicted molar refractivity (Wildman–Crippen MR) is 151 cm³/mol. The molecule has 0 unspecified atom stereocenters. The minimum absolute atomic E-state index is 0.750. The van der Waals surface area contributed by atoms with E-state index < -0.39 is 0 Å². The molecular weight excluding hydrogens is 464 g/mol. The summed E-state index contributed by atoms with van der Waals surface area (Å²) in [5.41, 5.74) is 7.44. The summed E-state index contributed by atoms with van der Waals surface area (Å²) in [5.74, 6) is 1.07. The molecule has 1 fully saturated rings. The van der Waals surface area contributed by atoms with Crippen LogP contribution in [0.2, 0.25) is 5.02 Å². The summed E-state index contributed by atoms with van der Waals surface area (Å²) in [7, 11) is 0. The molecule has 1 aliphatic heterocycles. The van der Waals surface area contributed by atoms with Crippen LogP contribution < -0.4 is 4.90 Å². The molecule has 5 heteroatoms. The Bertz CT molecular complexity index is 1480. The molecule has 3 heterocycles. The fourth-order valence-corrected chi connectivity index (χ4v) is 5.46. The van der Waals surface area contributed by atoms with Gasteiger partial charge in [-0.1, -0.05) is 72.3 Å². The predicted octanol–water partition coefficient (Wildman–Crippen LogP) is 7.18. The quantitative estimate of drug-likeness (QED) is 0.282. The van der Waals surface area contributed by atoms with Gasteiger partial charge in [0.1, 0.15) is 5.82 Å². The van der Waals surface area contributed by atoms with E-state index in [2.05, 4.69) is 93.4 Å². The molecule has 0 bridgehead atoms. The number of rotatable bonds is 5. The Morgan fingerprint density at radius 2 is 1.58 bits per heavy atom. The number of benzene rings is 3. The summed E-state index contributed by atoms with van der Waals surface area (Å²) in [6.45, 7) is 7.08. The highest BCUT2D eigenvalue weighted by Crippen LogP contribution is 2.40. The summed E-state index contributed by atoms with van der Waals surface area (Å²) >= 11 is 6.23. The van der Waals surface area contributed by atoms with E-state index >= 15 is 0 Å². The number of aryl methyl sites for hydroxylation is 1. The van der Waals surface area contributed by atoms with Gasteiger partial charge in [-0.15, -0.1) is 0 Å². The third kappa shape index (κ3) is 4.39. The van der Waals surface area contributed by atoms with Crippen molar-refractivity contribution in [2.24, 2.45) is 0 Å². The van der Waals surface area contributed by atoms with Gasteiger partial charge in [0, 0.05) is 55.2 Å². The van der Waals surface area contributed by atoms with Crippen LogP contribution in [0.15, 0.2) is 91.1 Å². The normalized spacial score (nSPS) is 14.4. The van der Waals surface area contributed by atoms with Gasteiger partial charge in [0.25, 0.3) is 0 Å². The number of aromatic nitrogens is 2. The van der Waals surface area contributed by atoms with Gasteiger partial charge >= 0.3 is 0 Å². The number of anilines is 1. The first-order chi connectivity index (χ1) is 17.7. The van der Waals surface area contributed by atoms with Gasteiger partial charge in [-0.25, -0.2) is 4.98 Å². The molecule has 4 nitrogen and oxygen atoms in total. The number of hydrogen-bond acceptors (Lipinski definition) is 3. The van der Waals surface area contributed by atoms with Crippen LogP contribution >= 0.6 is 11.6 Å². The van der Waals surface area contributed by atoms with Crippen molar-refractivity contribution in [3.8, 4) is 22.4 Å². The van der Waals surface area contributed by atoms with Crippen LogP contribution in [0.5, 0.6) is 0 Å². The second kappa shape index (κ2) is 9.81. The van der Waals surface area contributed by atoms with E-state index in [4.69, 9.17) is 11.6 Å². The molecule has 1 aliphatic rings. The lowest BCUT2D eigenvalue weighted by molar-refractivity contribution is 0.249. The number of nitrogens with zero attached hydrogens (tertiary/aromatic N) is 3. The molecule has 1 N–H and O–H groups in total. The zero-order chi connectivity index (χ0) is 24.5. The summed E-state index contributed by atoms with van der Waals surface area (Å²) in [6.07, 6.45) is 1.87. The van der Waals surface area contributed by atoms with Crippen LogP contribution in [-0.2, 0) is 6.54 Å². The largest absolute Gasteiger partial charge is 0.358 e. The molecule has 0 aliphatic carbocycles. The highest BCUT2D eigenvalue weighted by molar-refractivity contribution is 6.30. The summed E-state index contributed by atoms with van der Waals surface area (Å²) in [4.78, 5) is 13.2. The third-order valence-electron chi connectivity index (χ3n) is 7.24. The summed E-state index contributed by atoms with van der Waals surface area (Å²) < 4.78 is 0. The Kier molecular flexibility index (Phi) is 6.22. The first kappa shape index (κ1) is 22.8. The van der Waals surface area contributed by atoms with Crippen molar-refractivity contribution in [2.75, 3.05) is 31.1 Å². The number of pyridine rings is 1. The first-order valence-corrected chi connectivity index (χ1v) is 12.9. The molecule has 0 radical (unpaired) electrons. The van der Waals surface area contributed by atoms with Gasteiger partial charge in [-0.05, 0) is 58.7 Å². The van der Waals surface area contributed by atoms with Gasteiger partial charge in [0.15, 0.2) is 0 Å². The lowest BCUT2D eigenvalue weighted by Gasteiger charge is -2.35. The molecule has 2 aromatic heterocycles. The maximum absolute atomic E-state index is 6.23. The lowest BCUT2D eigenvalue weighted by Crippen LogP contribution is -2.46. The molecular formula is C31H29ClN4. The number of aromatic amines is 1. The van der Waals surface area contributed by atoms with Crippen molar-refractivity contribution < 1.29 is 0 Å². The number of fused-ring (bicyclic) bond motifs is 1. The molecule has 0 spiro atoms. The maximum atomic E-state index is 6.23. The smallest absolute Gasteiger partial charge is 0.128 e. The standard InChI is InChI=1S/C31H29ClN4/c1-22-28(21-35-17-19-36(20-18-35)29-11-4-5-16-33-29)30(31(34-22)24-12-14-25(32)15-13-24)27-10-6-8-23-7-2-3-9-26(23)27/h2-16,34H,17-21H2,1H3. The average molecular weight is 493 g/mol. The topological polar surface area (TPSA) is 35.2 Å². The Balaban J connectivity index is 1.39. The molecule has 5 aromatic rings. The maximum Gasteiger partial charge on any atom is 0.128 e. The zero-order valence-corrected chi connectivity index (χ0v) is 21.2. The highest BCUT2D eigenvalue weighted by atomic mass is 35.5. The molecule has 0 atom stereocenters. The third-order valence-corrected chi connectivity index (χ3v) is 7.49. The first-order valence-electron chi connectivity index (χ1n) is 12.5. The lowest BCUT2D eigenvalue weighted by atomic mass is 9.92. The van der Waals surface area contributed by atoms with E-state index in [0.29, 0.717) is 0 Å². The van der Waals surface area contributed by atoms with Crippen LogP contribution in [0.25, 0.3) is 33.2 Å². The fourth-order valence-electron chi connectivity index (χ4n) is 5.33. The second-order valence-electron chi connectivity index (χ2n) is 9.46. The van der Waals surface area contributed by atoms with Crippen molar-refractivity contribution in [3.05, 3.63) is 107 Å². The van der Waals surface area contributed by atoms with Crippen molar-refractivity contribution >= 4 is 28.2 Å². The van der Waals surface area contributed by atoms with Gasteiger partial charge in [0.2, 0.25) is 0 Å². The van der Waals surface area contributed by atoms with Gasteiger partial charge < -0.3 is 9.88 Å². The number of H-pyrrole nitrogens is 1. The Morgan fingerprint density at radius 1 is 0.833 bits per heavy atom. The molecule has 36 heavy (non-hydrogen) atoms. The van der Waals surface area contributed by atoms with E-state index in [1.807, 2.05) is 24.4 Å². The van der Waals surface area contributed by atoms with E-state index in [1.165, 1.54) is 33.2 Å². The van der Waals surface area contributed by atoms with Crippen LogP contribution in [0.4, 0.5) is 5.82 Å². The Labute approximate surface area is 217 Å². The highest BCUT2D eigenvalue weighted by Gasteiger charge is 2.24. The Hall–Kier alpha value is -3.60. The van der Waals surface area contributed by atoms with E-state index in [-0.39, 0.29) is 0 Å². The summed E-state index contributed by atoms with van der Waals surface area (Å²) in [6, 6.07) is 29.6. The van der Waals surface area contributed by atoms with Crippen LogP contribution in [0.3, 0.4) is 0 Å². The average Bonchev–Trinajstić information content (AvgIpc) is 3.25. The molecule has 3 aromatic carbocycles. The second-order valence-corrected chi connectivity index (χ2v) is 9.90. The monoisotopic (exact) mass is 492 g/mol. The summed E-state index contributed by atoms with van der Waals surface area (Å²) in [5, 5.41) is 3.28. The number of hydrogen-bond donors (Lipinski definition) is 1. The number of piperazine rings is 1. The number of nitrogens with one attached hydrogen (secondary N) is 1. The molecule has 1 saturated heterocycles. The van der Waals surface area contributed by atoms with E-state index in [9.17, 15) is 0 Å².